The Labute approximate surface area is 116 Å². The lowest BCUT2D eigenvalue weighted by Gasteiger charge is -2.37. The first-order chi connectivity index (χ1) is 9.56. The highest BCUT2D eigenvalue weighted by molar-refractivity contribution is 5.89. The van der Waals surface area contributed by atoms with Gasteiger partial charge in [0.1, 0.15) is 12.1 Å². The number of aliphatic carboxylic acids is 1. The van der Waals surface area contributed by atoms with Gasteiger partial charge in [0.15, 0.2) is 0 Å². The fraction of sp³-hybridized carbons (Fsp3) is 0.750. The summed E-state index contributed by atoms with van der Waals surface area (Å²) >= 11 is 0. The number of amides is 3. The molecule has 2 aliphatic heterocycles. The van der Waals surface area contributed by atoms with Crippen LogP contribution in [0.25, 0.3) is 0 Å². The number of hydrogen-bond donors (Lipinski definition) is 2. The van der Waals surface area contributed by atoms with Crippen LogP contribution in [0.1, 0.15) is 12.8 Å². The predicted octanol–water partition coefficient (Wildman–Crippen LogP) is -0.898. The van der Waals surface area contributed by atoms with Crippen LogP contribution in [-0.4, -0.2) is 78.2 Å². The quantitative estimate of drug-likeness (QED) is 0.685. The van der Waals surface area contributed by atoms with Crippen LogP contribution in [0.2, 0.25) is 0 Å². The van der Waals surface area contributed by atoms with E-state index in [1.807, 2.05) is 0 Å². The number of urea groups is 1. The van der Waals surface area contributed by atoms with Gasteiger partial charge in [0.25, 0.3) is 0 Å². The summed E-state index contributed by atoms with van der Waals surface area (Å²) in [6.07, 6.45) is 1.12. The maximum absolute atomic E-state index is 12.5. The molecular weight excluding hydrogens is 266 g/mol. The first kappa shape index (κ1) is 14.6. The van der Waals surface area contributed by atoms with Crippen molar-refractivity contribution in [3.8, 4) is 0 Å². The number of nitrogens with zero attached hydrogens (tertiary/aromatic N) is 2. The Morgan fingerprint density at radius 2 is 1.90 bits per heavy atom. The normalized spacial score (nSPS) is 26.4. The molecule has 0 spiro atoms. The van der Waals surface area contributed by atoms with Crippen molar-refractivity contribution in [3.63, 3.8) is 0 Å². The number of carbonyl (C=O) groups is 3. The Hall–Kier alpha value is -1.83. The van der Waals surface area contributed by atoms with Crippen molar-refractivity contribution in [3.05, 3.63) is 0 Å². The van der Waals surface area contributed by atoms with Gasteiger partial charge in [-0.05, 0) is 12.8 Å². The average Bonchev–Trinajstić information content (AvgIpc) is 2.95. The van der Waals surface area contributed by atoms with Gasteiger partial charge in [-0.3, -0.25) is 4.79 Å². The van der Waals surface area contributed by atoms with Gasteiger partial charge in [-0.25, -0.2) is 9.59 Å². The molecule has 0 aliphatic carbocycles. The van der Waals surface area contributed by atoms with E-state index in [-0.39, 0.29) is 12.5 Å². The zero-order valence-electron chi connectivity index (χ0n) is 11.4. The summed E-state index contributed by atoms with van der Waals surface area (Å²) in [7, 11) is 1.50. The third-order valence-corrected chi connectivity index (χ3v) is 3.71. The SMILES string of the molecule is CNC(=O)C1COCCN1C(=O)N1CCC[C@H]1C(=O)O. The maximum Gasteiger partial charge on any atom is 0.326 e. The van der Waals surface area contributed by atoms with E-state index < -0.39 is 24.1 Å². The smallest absolute Gasteiger partial charge is 0.326 e. The van der Waals surface area contributed by atoms with Crippen molar-refractivity contribution < 1.29 is 24.2 Å². The summed E-state index contributed by atoms with van der Waals surface area (Å²) < 4.78 is 5.23. The van der Waals surface area contributed by atoms with E-state index in [0.29, 0.717) is 32.5 Å². The summed E-state index contributed by atoms with van der Waals surface area (Å²) in [6.45, 7) is 1.19. The minimum Gasteiger partial charge on any atom is -0.480 e. The fourth-order valence-electron chi connectivity index (χ4n) is 2.63. The van der Waals surface area contributed by atoms with E-state index in [1.54, 1.807) is 0 Å². The van der Waals surface area contributed by atoms with E-state index in [9.17, 15) is 14.4 Å². The minimum atomic E-state index is -0.999. The number of likely N-dealkylation sites (N-methyl/N-ethyl adjacent to an activating group) is 1. The van der Waals surface area contributed by atoms with Gasteiger partial charge in [-0.1, -0.05) is 0 Å². The Balaban J connectivity index is 2.13. The van der Waals surface area contributed by atoms with Crippen LogP contribution < -0.4 is 5.32 Å². The third-order valence-electron chi connectivity index (χ3n) is 3.71. The first-order valence-electron chi connectivity index (χ1n) is 6.65. The highest BCUT2D eigenvalue weighted by Crippen LogP contribution is 2.21. The molecule has 8 nitrogen and oxygen atoms in total. The first-order valence-corrected chi connectivity index (χ1v) is 6.65. The molecule has 2 fully saturated rings. The molecule has 2 N–H and O–H groups in total. The van der Waals surface area contributed by atoms with Gasteiger partial charge >= 0.3 is 12.0 Å². The molecule has 0 aromatic carbocycles. The molecular formula is C12H19N3O5. The zero-order valence-corrected chi connectivity index (χ0v) is 11.4. The lowest BCUT2D eigenvalue weighted by Crippen LogP contribution is -2.59. The molecule has 20 heavy (non-hydrogen) atoms. The van der Waals surface area contributed by atoms with Crippen LogP contribution in [0.15, 0.2) is 0 Å². The maximum atomic E-state index is 12.5. The molecule has 2 aliphatic rings. The van der Waals surface area contributed by atoms with Gasteiger partial charge in [-0.2, -0.15) is 0 Å². The monoisotopic (exact) mass is 285 g/mol. The Kier molecular flexibility index (Phi) is 4.43. The second-order valence-electron chi connectivity index (χ2n) is 4.87. The number of carboxylic acids is 1. The number of rotatable bonds is 2. The molecule has 0 bridgehead atoms. The number of morpholine rings is 1. The third kappa shape index (κ3) is 2.69. The van der Waals surface area contributed by atoms with E-state index in [4.69, 9.17) is 9.84 Å². The largest absolute Gasteiger partial charge is 0.480 e. The lowest BCUT2D eigenvalue weighted by molar-refractivity contribution is -0.141. The Morgan fingerprint density at radius 1 is 1.20 bits per heavy atom. The van der Waals surface area contributed by atoms with Gasteiger partial charge in [-0.15, -0.1) is 0 Å². The van der Waals surface area contributed by atoms with E-state index in [0.717, 1.165) is 0 Å². The lowest BCUT2D eigenvalue weighted by atomic mass is 10.2. The summed E-state index contributed by atoms with van der Waals surface area (Å²) in [5.41, 5.74) is 0. The highest BCUT2D eigenvalue weighted by atomic mass is 16.5. The number of carboxylic acid groups (broad SMARTS) is 1. The topological polar surface area (TPSA) is 99.2 Å². The molecule has 0 aromatic heterocycles. The van der Waals surface area contributed by atoms with Gasteiger partial charge in [0.05, 0.1) is 13.2 Å². The van der Waals surface area contributed by atoms with Crippen molar-refractivity contribution in [2.24, 2.45) is 0 Å². The number of likely N-dealkylation sites (tertiary alicyclic amines) is 1. The number of ether oxygens (including phenoxy) is 1. The van der Waals surface area contributed by atoms with Gasteiger partial charge < -0.3 is 25.0 Å². The van der Waals surface area contributed by atoms with Gasteiger partial charge in [0.2, 0.25) is 5.91 Å². The van der Waals surface area contributed by atoms with Crippen LogP contribution in [0, 0.1) is 0 Å². The van der Waals surface area contributed by atoms with E-state index in [2.05, 4.69) is 5.32 Å². The molecule has 1 unspecified atom stereocenters. The summed E-state index contributed by atoms with van der Waals surface area (Å²) in [6, 6.07) is -1.89. The Morgan fingerprint density at radius 3 is 2.55 bits per heavy atom. The summed E-state index contributed by atoms with van der Waals surface area (Å²) in [4.78, 5) is 38.2. The summed E-state index contributed by atoms with van der Waals surface area (Å²) in [5.74, 6) is -1.30. The van der Waals surface area contributed by atoms with E-state index in [1.165, 1.54) is 16.8 Å². The number of nitrogens with one attached hydrogen (secondary N) is 1. The fourth-order valence-corrected chi connectivity index (χ4v) is 2.63. The van der Waals surface area contributed by atoms with Crippen molar-refractivity contribution in [2.45, 2.75) is 24.9 Å². The van der Waals surface area contributed by atoms with Crippen molar-refractivity contribution in [1.82, 2.24) is 15.1 Å². The zero-order chi connectivity index (χ0) is 14.7. The molecule has 2 rings (SSSR count). The average molecular weight is 285 g/mol. The van der Waals surface area contributed by atoms with Crippen LogP contribution in [0.3, 0.4) is 0 Å². The second-order valence-corrected chi connectivity index (χ2v) is 4.87. The Bertz CT molecular complexity index is 414. The minimum absolute atomic E-state index is 0.136. The molecule has 112 valence electrons. The summed E-state index contributed by atoms with van der Waals surface area (Å²) in [5, 5.41) is 11.6. The predicted molar refractivity (Wildman–Crippen MR) is 68.1 cm³/mol. The molecule has 0 saturated carbocycles. The molecule has 0 aromatic rings. The standard InChI is InChI=1S/C12H19N3O5/c1-13-10(16)9-7-20-6-5-15(9)12(19)14-4-2-3-8(14)11(17)18/h8-9H,2-7H2,1H3,(H,13,16)(H,17,18)/t8-,9?/m0/s1. The molecule has 0 radical (unpaired) electrons. The highest BCUT2D eigenvalue weighted by Gasteiger charge is 2.40. The molecule has 3 amide bonds. The molecule has 2 heterocycles. The molecule has 2 atom stereocenters. The van der Waals surface area contributed by atoms with E-state index >= 15 is 0 Å². The van der Waals surface area contributed by atoms with Crippen molar-refractivity contribution in [2.75, 3.05) is 33.4 Å². The number of hydrogen-bond acceptors (Lipinski definition) is 4. The van der Waals surface area contributed by atoms with Crippen LogP contribution in [0.5, 0.6) is 0 Å². The van der Waals surface area contributed by atoms with Crippen LogP contribution >= 0.6 is 0 Å². The van der Waals surface area contributed by atoms with Crippen LogP contribution in [0.4, 0.5) is 4.79 Å². The molecule has 2 saturated heterocycles. The number of carbonyl (C=O) groups excluding carboxylic acids is 2. The molecule has 8 heteroatoms. The van der Waals surface area contributed by atoms with Crippen molar-refractivity contribution >= 4 is 17.9 Å². The van der Waals surface area contributed by atoms with Gasteiger partial charge in [0, 0.05) is 20.1 Å². The van der Waals surface area contributed by atoms with Crippen LogP contribution in [-0.2, 0) is 14.3 Å². The second kappa shape index (κ2) is 6.08. The van der Waals surface area contributed by atoms with Crippen molar-refractivity contribution in [1.29, 1.82) is 0 Å².